The number of carboxylic acids is 1. The average molecular weight is 323 g/mol. The van der Waals surface area contributed by atoms with Crippen molar-refractivity contribution in [2.24, 2.45) is 11.8 Å². The van der Waals surface area contributed by atoms with Gasteiger partial charge in [0.15, 0.2) is 0 Å². The first kappa shape index (κ1) is 17.4. The number of rotatable bonds is 6. The van der Waals surface area contributed by atoms with Crippen LogP contribution in [0.1, 0.15) is 18.9 Å². The smallest absolute Gasteiger partial charge is 0.307 e. The number of hydrogen-bond donors (Lipinski definition) is 1. The fraction of sp³-hybridized carbons (Fsp3) is 0.588. The number of carbonyl (C=O) groups is 1. The number of piperidine rings is 1. The minimum Gasteiger partial charge on any atom is -0.496 e. The Labute approximate surface area is 136 Å². The van der Waals surface area contributed by atoms with Crippen LogP contribution in [0.3, 0.4) is 0 Å². The van der Waals surface area contributed by atoms with Gasteiger partial charge in [-0.2, -0.15) is 0 Å². The van der Waals surface area contributed by atoms with Gasteiger partial charge in [-0.05, 0) is 12.3 Å². The van der Waals surface area contributed by atoms with Crippen LogP contribution in [0.5, 0.6) is 17.2 Å². The van der Waals surface area contributed by atoms with Crippen molar-refractivity contribution >= 4 is 5.97 Å². The highest BCUT2D eigenvalue weighted by atomic mass is 16.5. The number of methoxy groups -OCH3 is 3. The maximum Gasteiger partial charge on any atom is 0.307 e. The molecule has 0 spiro atoms. The number of aliphatic carboxylic acids is 1. The van der Waals surface area contributed by atoms with E-state index in [4.69, 9.17) is 14.2 Å². The van der Waals surface area contributed by atoms with E-state index in [1.807, 2.05) is 12.1 Å². The molecule has 6 heteroatoms. The standard InChI is InChI=1S/C17H25NO5/c1-11-5-12(17(19)20)9-18(8-11)10-14-15(22-3)6-13(21-2)7-16(14)23-4/h6-7,11-12H,5,8-10H2,1-4H3,(H,19,20). The number of hydrogen-bond acceptors (Lipinski definition) is 5. The molecule has 0 radical (unpaired) electrons. The molecule has 1 aromatic rings. The Bertz CT molecular complexity index is 535. The van der Waals surface area contributed by atoms with Crippen LogP contribution in [-0.2, 0) is 11.3 Å². The van der Waals surface area contributed by atoms with Crippen LogP contribution < -0.4 is 14.2 Å². The summed E-state index contributed by atoms with van der Waals surface area (Å²) in [6.45, 7) is 4.08. The topological polar surface area (TPSA) is 68.2 Å². The number of carboxylic acid groups (broad SMARTS) is 1. The van der Waals surface area contributed by atoms with Crippen LogP contribution in [-0.4, -0.2) is 50.4 Å². The quantitative estimate of drug-likeness (QED) is 0.866. The lowest BCUT2D eigenvalue weighted by Crippen LogP contribution is -2.42. The number of likely N-dealkylation sites (tertiary alicyclic amines) is 1. The predicted octanol–water partition coefficient (Wildman–Crippen LogP) is 2.26. The minimum atomic E-state index is -0.727. The predicted molar refractivity (Wildman–Crippen MR) is 86.3 cm³/mol. The van der Waals surface area contributed by atoms with Gasteiger partial charge < -0.3 is 19.3 Å². The second kappa shape index (κ2) is 7.55. The van der Waals surface area contributed by atoms with Gasteiger partial charge >= 0.3 is 5.97 Å². The van der Waals surface area contributed by atoms with Gasteiger partial charge in [0.25, 0.3) is 0 Å². The van der Waals surface area contributed by atoms with Crippen molar-refractivity contribution in [3.63, 3.8) is 0 Å². The van der Waals surface area contributed by atoms with Crippen molar-refractivity contribution in [3.8, 4) is 17.2 Å². The van der Waals surface area contributed by atoms with Gasteiger partial charge in [0.1, 0.15) is 17.2 Å². The van der Waals surface area contributed by atoms with E-state index in [-0.39, 0.29) is 5.92 Å². The Morgan fingerprint density at radius 3 is 2.26 bits per heavy atom. The molecule has 2 rings (SSSR count). The van der Waals surface area contributed by atoms with E-state index in [1.54, 1.807) is 21.3 Å². The van der Waals surface area contributed by atoms with Crippen molar-refractivity contribution in [1.29, 1.82) is 0 Å². The molecule has 1 aliphatic heterocycles. The van der Waals surface area contributed by atoms with Gasteiger partial charge in [-0.25, -0.2) is 0 Å². The fourth-order valence-electron chi connectivity index (χ4n) is 3.23. The maximum absolute atomic E-state index is 11.3. The molecule has 128 valence electrons. The number of ether oxygens (including phenoxy) is 3. The molecule has 0 saturated carbocycles. The highest BCUT2D eigenvalue weighted by Crippen LogP contribution is 2.36. The largest absolute Gasteiger partial charge is 0.496 e. The Morgan fingerprint density at radius 1 is 1.17 bits per heavy atom. The first-order valence-electron chi connectivity index (χ1n) is 7.72. The summed E-state index contributed by atoms with van der Waals surface area (Å²) in [6.07, 6.45) is 0.725. The molecular weight excluding hydrogens is 298 g/mol. The first-order valence-corrected chi connectivity index (χ1v) is 7.72. The fourth-order valence-corrected chi connectivity index (χ4v) is 3.23. The molecule has 0 amide bonds. The Morgan fingerprint density at radius 2 is 1.78 bits per heavy atom. The summed E-state index contributed by atoms with van der Waals surface area (Å²) in [5.74, 6) is 1.33. The lowest BCUT2D eigenvalue weighted by Gasteiger charge is -2.35. The van der Waals surface area contributed by atoms with Crippen LogP contribution in [0, 0.1) is 11.8 Å². The van der Waals surface area contributed by atoms with Crippen LogP contribution in [0.4, 0.5) is 0 Å². The SMILES string of the molecule is COc1cc(OC)c(CN2CC(C)CC(C(=O)O)C2)c(OC)c1. The lowest BCUT2D eigenvalue weighted by atomic mass is 9.90. The summed E-state index contributed by atoms with van der Waals surface area (Å²) in [4.78, 5) is 13.5. The molecule has 2 atom stereocenters. The Hall–Kier alpha value is -1.95. The van der Waals surface area contributed by atoms with Gasteiger partial charge in [-0.15, -0.1) is 0 Å². The van der Waals surface area contributed by atoms with E-state index in [0.717, 1.165) is 18.5 Å². The van der Waals surface area contributed by atoms with Gasteiger partial charge in [-0.3, -0.25) is 9.69 Å². The van der Waals surface area contributed by atoms with Crippen LogP contribution >= 0.6 is 0 Å². The summed E-state index contributed by atoms with van der Waals surface area (Å²) in [5.41, 5.74) is 0.911. The van der Waals surface area contributed by atoms with Gasteiger partial charge in [0, 0.05) is 31.8 Å². The molecule has 0 bridgehead atoms. The highest BCUT2D eigenvalue weighted by molar-refractivity contribution is 5.70. The molecule has 23 heavy (non-hydrogen) atoms. The van der Waals surface area contributed by atoms with Gasteiger partial charge in [0.2, 0.25) is 0 Å². The van der Waals surface area contributed by atoms with E-state index < -0.39 is 5.97 Å². The van der Waals surface area contributed by atoms with E-state index in [0.29, 0.717) is 36.3 Å². The van der Waals surface area contributed by atoms with Crippen molar-refractivity contribution in [2.45, 2.75) is 19.9 Å². The summed E-state index contributed by atoms with van der Waals surface area (Å²) in [7, 11) is 4.81. The summed E-state index contributed by atoms with van der Waals surface area (Å²) >= 11 is 0. The van der Waals surface area contributed by atoms with E-state index >= 15 is 0 Å². The first-order chi connectivity index (χ1) is 11.0. The van der Waals surface area contributed by atoms with E-state index in [1.165, 1.54) is 0 Å². The molecule has 0 aliphatic carbocycles. The molecule has 1 N–H and O–H groups in total. The Kier molecular flexibility index (Phi) is 5.71. The molecule has 1 heterocycles. The second-order valence-corrected chi connectivity index (χ2v) is 6.08. The molecule has 1 aliphatic rings. The summed E-state index contributed by atoms with van der Waals surface area (Å²) < 4.78 is 16.2. The highest BCUT2D eigenvalue weighted by Gasteiger charge is 2.30. The lowest BCUT2D eigenvalue weighted by molar-refractivity contribution is -0.144. The summed E-state index contributed by atoms with van der Waals surface area (Å²) in [6, 6.07) is 3.64. The zero-order chi connectivity index (χ0) is 17.0. The van der Waals surface area contributed by atoms with Crippen LogP contribution in [0.2, 0.25) is 0 Å². The third-order valence-electron chi connectivity index (χ3n) is 4.28. The zero-order valence-corrected chi connectivity index (χ0v) is 14.2. The normalized spacial score (nSPS) is 21.7. The third-order valence-corrected chi connectivity index (χ3v) is 4.28. The monoisotopic (exact) mass is 323 g/mol. The number of benzene rings is 1. The van der Waals surface area contributed by atoms with Crippen LogP contribution in [0.25, 0.3) is 0 Å². The van der Waals surface area contributed by atoms with Gasteiger partial charge in [-0.1, -0.05) is 6.92 Å². The van der Waals surface area contributed by atoms with E-state index in [9.17, 15) is 9.90 Å². The maximum atomic E-state index is 11.3. The van der Waals surface area contributed by atoms with E-state index in [2.05, 4.69) is 11.8 Å². The molecule has 1 fully saturated rings. The molecular formula is C17H25NO5. The minimum absolute atomic E-state index is 0.325. The molecule has 2 unspecified atom stereocenters. The number of nitrogens with zero attached hydrogens (tertiary/aromatic N) is 1. The third kappa shape index (κ3) is 4.07. The zero-order valence-electron chi connectivity index (χ0n) is 14.2. The summed E-state index contributed by atoms with van der Waals surface area (Å²) in [5, 5.41) is 9.32. The molecule has 0 aromatic heterocycles. The van der Waals surface area contributed by atoms with Crippen molar-refractivity contribution in [2.75, 3.05) is 34.4 Å². The average Bonchev–Trinajstić information content (AvgIpc) is 2.54. The van der Waals surface area contributed by atoms with Crippen molar-refractivity contribution < 1.29 is 24.1 Å². The van der Waals surface area contributed by atoms with Crippen molar-refractivity contribution in [3.05, 3.63) is 17.7 Å². The molecule has 1 saturated heterocycles. The molecule has 6 nitrogen and oxygen atoms in total. The van der Waals surface area contributed by atoms with Gasteiger partial charge in [0.05, 0.1) is 32.8 Å². The molecule has 1 aromatic carbocycles. The second-order valence-electron chi connectivity index (χ2n) is 6.08. The van der Waals surface area contributed by atoms with Crippen LogP contribution in [0.15, 0.2) is 12.1 Å². The van der Waals surface area contributed by atoms with Crippen molar-refractivity contribution in [1.82, 2.24) is 4.90 Å². The Balaban J connectivity index is 2.26.